The molecule has 2 rings (SSSR count). The zero-order valence-corrected chi connectivity index (χ0v) is 13.3. The molecule has 1 aromatic heterocycles. The van der Waals surface area contributed by atoms with Gasteiger partial charge in [-0.3, -0.25) is 4.68 Å². The molecule has 1 aliphatic carbocycles. The maximum absolute atomic E-state index is 4.58. The zero-order chi connectivity index (χ0) is 13.1. The lowest BCUT2D eigenvalue weighted by molar-refractivity contribution is 0.444. The average Bonchev–Trinajstić information content (AvgIpc) is 3.16. The Morgan fingerprint density at radius 1 is 1.44 bits per heavy atom. The number of hydrogen-bond donors (Lipinski definition) is 1. The van der Waals surface area contributed by atoms with Gasteiger partial charge in [-0.1, -0.05) is 6.92 Å². The highest BCUT2D eigenvalue weighted by molar-refractivity contribution is 9.10. The number of halogens is 1. The largest absolute Gasteiger partial charge is 0.313 e. The molecule has 1 saturated carbocycles. The zero-order valence-electron chi connectivity index (χ0n) is 11.7. The first-order chi connectivity index (χ1) is 8.67. The second-order valence-electron chi connectivity index (χ2n) is 5.26. The number of rotatable bonds is 7. The van der Waals surface area contributed by atoms with Crippen molar-refractivity contribution < 1.29 is 0 Å². The van der Waals surface area contributed by atoms with Gasteiger partial charge in [0, 0.05) is 19.0 Å². The van der Waals surface area contributed by atoms with E-state index in [2.05, 4.69) is 51.8 Å². The molecule has 0 saturated heterocycles. The smallest absolute Gasteiger partial charge is 0.0738 e. The Labute approximate surface area is 118 Å². The van der Waals surface area contributed by atoms with Gasteiger partial charge >= 0.3 is 0 Å². The van der Waals surface area contributed by atoms with Gasteiger partial charge in [0.25, 0.3) is 0 Å². The summed E-state index contributed by atoms with van der Waals surface area (Å²) < 4.78 is 3.34. The molecule has 0 radical (unpaired) electrons. The van der Waals surface area contributed by atoms with Crippen molar-refractivity contribution in [3.8, 4) is 0 Å². The van der Waals surface area contributed by atoms with E-state index in [0.717, 1.165) is 31.1 Å². The van der Waals surface area contributed by atoms with Crippen LogP contribution in [0.5, 0.6) is 0 Å². The Bertz CT molecular complexity index is 396. The molecule has 0 spiro atoms. The molecule has 1 unspecified atom stereocenters. The SMILES string of the molecule is CCCNC(Cc1c(Br)c(C)nn1CC)C1CC1. The van der Waals surface area contributed by atoms with Crippen molar-refractivity contribution in [3.05, 3.63) is 15.9 Å². The van der Waals surface area contributed by atoms with Crippen molar-refractivity contribution in [2.75, 3.05) is 6.54 Å². The lowest BCUT2D eigenvalue weighted by Crippen LogP contribution is -2.34. The summed E-state index contributed by atoms with van der Waals surface area (Å²) in [6.45, 7) is 8.54. The predicted octanol–water partition coefficient (Wildman–Crippen LogP) is 3.29. The fraction of sp³-hybridized carbons (Fsp3) is 0.786. The molecule has 0 amide bonds. The van der Waals surface area contributed by atoms with Gasteiger partial charge in [-0.25, -0.2) is 0 Å². The normalized spacial score (nSPS) is 17.1. The minimum atomic E-state index is 0.627. The van der Waals surface area contributed by atoms with Gasteiger partial charge in [-0.15, -0.1) is 0 Å². The average molecular weight is 314 g/mol. The van der Waals surface area contributed by atoms with Crippen LogP contribution in [-0.4, -0.2) is 22.4 Å². The standard InChI is InChI=1S/C14H24BrN3/c1-4-8-16-12(11-6-7-11)9-13-14(15)10(3)17-18(13)5-2/h11-12,16H,4-9H2,1-3H3. The Hall–Kier alpha value is -0.350. The van der Waals surface area contributed by atoms with Crippen LogP contribution in [0.4, 0.5) is 0 Å². The summed E-state index contributed by atoms with van der Waals surface area (Å²) in [5, 5.41) is 8.29. The minimum absolute atomic E-state index is 0.627. The summed E-state index contributed by atoms with van der Waals surface area (Å²) in [5.41, 5.74) is 2.47. The molecular formula is C14H24BrN3. The van der Waals surface area contributed by atoms with Crippen LogP contribution in [0.3, 0.4) is 0 Å². The maximum atomic E-state index is 4.58. The molecule has 18 heavy (non-hydrogen) atoms. The fourth-order valence-corrected chi connectivity index (χ4v) is 2.95. The van der Waals surface area contributed by atoms with Crippen LogP contribution < -0.4 is 5.32 Å². The molecular weight excluding hydrogens is 290 g/mol. The van der Waals surface area contributed by atoms with Crippen LogP contribution in [0.25, 0.3) is 0 Å². The highest BCUT2D eigenvalue weighted by Crippen LogP contribution is 2.35. The third kappa shape index (κ3) is 3.15. The second kappa shape index (κ2) is 6.20. The number of hydrogen-bond acceptors (Lipinski definition) is 2. The first-order valence-electron chi connectivity index (χ1n) is 7.12. The van der Waals surface area contributed by atoms with Gasteiger partial charge in [0.2, 0.25) is 0 Å². The molecule has 0 aliphatic heterocycles. The van der Waals surface area contributed by atoms with Gasteiger partial charge in [0.1, 0.15) is 0 Å². The molecule has 4 heteroatoms. The molecule has 0 bridgehead atoms. The quantitative estimate of drug-likeness (QED) is 0.837. The van der Waals surface area contributed by atoms with E-state index in [1.165, 1.54) is 29.4 Å². The summed E-state index contributed by atoms with van der Waals surface area (Å²) in [7, 11) is 0. The van der Waals surface area contributed by atoms with Crippen LogP contribution in [0.1, 0.15) is 44.5 Å². The van der Waals surface area contributed by atoms with Crippen molar-refractivity contribution in [1.29, 1.82) is 0 Å². The lowest BCUT2D eigenvalue weighted by atomic mass is 10.1. The van der Waals surface area contributed by atoms with Crippen molar-refractivity contribution in [2.24, 2.45) is 5.92 Å². The first-order valence-corrected chi connectivity index (χ1v) is 7.91. The van der Waals surface area contributed by atoms with Crippen molar-refractivity contribution in [2.45, 2.75) is 59.0 Å². The van der Waals surface area contributed by atoms with Crippen LogP contribution in [0, 0.1) is 12.8 Å². The van der Waals surface area contributed by atoms with E-state index in [0.29, 0.717) is 6.04 Å². The highest BCUT2D eigenvalue weighted by Gasteiger charge is 2.32. The Morgan fingerprint density at radius 3 is 2.72 bits per heavy atom. The molecule has 1 atom stereocenters. The molecule has 1 N–H and O–H groups in total. The highest BCUT2D eigenvalue weighted by atomic mass is 79.9. The third-order valence-electron chi connectivity index (χ3n) is 3.71. The van der Waals surface area contributed by atoms with E-state index < -0.39 is 0 Å². The predicted molar refractivity (Wildman–Crippen MR) is 78.8 cm³/mol. The monoisotopic (exact) mass is 313 g/mol. The van der Waals surface area contributed by atoms with E-state index in [1.807, 2.05) is 0 Å². The summed E-state index contributed by atoms with van der Waals surface area (Å²) in [6.07, 6.45) is 5.08. The van der Waals surface area contributed by atoms with Crippen LogP contribution in [-0.2, 0) is 13.0 Å². The molecule has 1 aliphatic rings. The summed E-state index contributed by atoms with van der Waals surface area (Å²) >= 11 is 3.70. The number of aryl methyl sites for hydroxylation is 2. The summed E-state index contributed by atoms with van der Waals surface area (Å²) in [6, 6.07) is 0.627. The topological polar surface area (TPSA) is 29.9 Å². The summed E-state index contributed by atoms with van der Waals surface area (Å²) in [5.74, 6) is 0.879. The van der Waals surface area contributed by atoms with Gasteiger partial charge in [0.05, 0.1) is 15.9 Å². The van der Waals surface area contributed by atoms with Gasteiger partial charge < -0.3 is 5.32 Å². The Kier molecular flexibility index (Phi) is 4.84. The molecule has 1 aromatic rings. The first kappa shape index (κ1) is 14.1. The van der Waals surface area contributed by atoms with E-state index >= 15 is 0 Å². The molecule has 3 nitrogen and oxygen atoms in total. The van der Waals surface area contributed by atoms with E-state index in [4.69, 9.17) is 0 Å². The molecule has 102 valence electrons. The third-order valence-corrected chi connectivity index (χ3v) is 4.75. The van der Waals surface area contributed by atoms with Crippen molar-refractivity contribution in [3.63, 3.8) is 0 Å². The maximum Gasteiger partial charge on any atom is 0.0738 e. The van der Waals surface area contributed by atoms with Crippen molar-refractivity contribution >= 4 is 15.9 Å². The van der Waals surface area contributed by atoms with Crippen LogP contribution in [0.2, 0.25) is 0 Å². The van der Waals surface area contributed by atoms with E-state index in [9.17, 15) is 0 Å². The number of nitrogens with one attached hydrogen (secondary N) is 1. The van der Waals surface area contributed by atoms with Gasteiger partial charge in [-0.2, -0.15) is 5.10 Å². The number of aromatic nitrogens is 2. The van der Waals surface area contributed by atoms with Crippen LogP contribution in [0.15, 0.2) is 4.47 Å². The Morgan fingerprint density at radius 2 is 2.17 bits per heavy atom. The van der Waals surface area contributed by atoms with Crippen LogP contribution >= 0.6 is 15.9 Å². The molecule has 0 aromatic carbocycles. The Balaban J connectivity index is 2.10. The molecule has 1 fully saturated rings. The van der Waals surface area contributed by atoms with Crippen molar-refractivity contribution in [1.82, 2.24) is 15.1 Å². The number of nitrogens with zero attached hydrogens (tertiary/aromatic N) is 2. The van der Waals surface area contributed by atoms with Gasteiger partial charge in [-0.05, 0) is 61.5 Å². The minimum Gasteiger partial charge on any atom is -0.313 e. The van der Waals surface area contributed by atoms with E-state index in [1.54, 1.807) is 0 Å². The van der Waals surface area contributed by atoms with E-state index in [-0.39, 0.29) is 0 Å². The fourth-order valence-electron chi connectivity index (χ4n) is 2.51. The second-order valence-corrected chi connectivity index (χ2v) is 6.06. The lowest BCUT2D eigenvalue weighted by Gasteiger charge is -2.18. The molecule has 1 heterocycles. The van der Waals surface area contributed by atoms with Gasteiger partial charge in [0.15, 0.2) is 0 Å². The summed E-state index contributed by atoms with van der Waals surface area (Å²) in [4.78, 5) is 0.